The molecule has 1 aliphatic rings. The quantitative estimate of drug-likeness (QED) is 0.733. The van der Waals surface area contributed by atoms with E-state index < -0.39 is 26.0 Å². The minimum Gasteiger partial charge on any atom is -0.368 e. The van der Waals surface area contributed by atoms with Crippen LogP contribution in [0.15, 0.2) is 58.3 Å². The first-order chi connectivity index (χ1) is 13.1. The van der Waals surface area contributed by atoms with Gasteiger partial charge in [0, 0.05) is 13.1 Å². The second-order valence-corrected chi connectivity index (χ2v) is 10.9. The van der Waals surface area contributed by atoms with Gasteiger partial charge in [-0.2, -0.15) is 4.31 Å². The lowest BCUT2D eigenvalue weighted by molar-refractivity contribution is -0.0557. The number of morpholine rings is 1. The maximum atomic E-state index is 13.2. The number of sulfonamides is 1. The van der Waals surface area contributed by atoms with Crippen molar-refractivity contribution in [2.45, 2.75) is 35.8 Å². The summed E-state index contributed by atoms with van der Waals surface area (Å²) in [5, 5.41) is 0. The van der Waals surface area contributed by atoms with Gasteiger partial charge in [0.2, 0.25) is 10.0 Å². The van der Waals surface area contributed by atoms with E-state index >= 15 is 0 Å². The summed E-state index contributed by atoms with van der Waals surface area (Å²) in [6.45, 7) is 3.47. The van der Waals surface area contributed by atoms with Crippen molar-refractivity contribution in [2.24, 2.45) is 0 Å². The minimum atomic E-state index is -3.92. The Morgan fingerprint density at radius 3 is 2.32 bits per heavy atom. The third kappa shape index (κ3) is 4.27. The van der Waals surface area contributed by atoms with Gasteiger partial charge in [-0.05, 0) is 42.8 Å². The number of ether oxygens (including phenoxy) is 1. The maximum absolute atomic E-state index is 13.2. The molecule has 0 aliphatic carbocycles. The number of benzene rings is 2. The Balaban J connectivity index is 1.93. The molecule has 2 aromatic carbocycles. The van der Waals surface area contributed by atoms with Crippen LogP contribution in [0, 0.1) is 5.82 Å². The first-order valence-electron chi connectivity index (χ1n) is 8.87. The molecule has 1 heterocycles. The highest BCUT2D eigenvalue weighted by molar-refractivity contribution is 7.91. The lowest BCUT2D eigenvalue weighted by Gasteiger charge is -2.36. The van der Waals surface area contributed by atoms with Gasteiger partial charge in [0.05, 0.1) is 27.8 Å². The van der Waals surface area contributed by atoms with Crippen molar-refractivity contribution in [3.05, 3.63) is 59.9 Å². The molecule has 1 fully saturated rings. The molecule has 9 heteroatoms. The van der Waals surface area contributed by atoms with Gasteiger partial charge in [-0.3, -0.25) is 0 Å². The Kier molecular flexibility index (Phi) is 5.90. The summed E-state index contributed by atoms with van der Waals surface area (Å²) >= 11 is 0. The van der Waals surface area contributed by atoms with Crippen molar-refractivity contribution >= 4 is 19.9 Å². The molecule has 1 saturated heterocycles. The average Bonchev–Trinajstić information content (AvgIpc) is 2.68. The summed E-state index contributed by atoms with van der Waals surface area (Å²) in [5.41, 5.74) is 0.676. The number of halogens is 1. The van der Waals surface area contributed by atoms with Crippen LogP contribution in [0.5, 0.6) is 0 Å². The van der Waals surface area contributed by atoms with Gasteiger partial charge in [-0.25, -0.2) is 21.2 Å². The molecule has 0 amide bonds. The number of hydrogen-bond acceptors (Lipinski definition) is 5. The van der Waals surface area contributed by atoms with E-state index in [1.807, 2.05) is 0 Å². The summed E-state index contributed by atoms with van der Waals surface area (Å²) in [6.07, 6.45) is -0.914. The zero-order chi connectivity index (χ0) is 20.5. The van der Waals surface area contributed by atoms with E-state index in [0.717, 1.165) is 0 Å². The highest BCUT2D eigenvalue weighted by Crippen LogP contribution is 2.30. The molecule has 2 aromatic rings. The SMILES string of the molecule is CCS(=O)(=O)c1cccc(S(=O)(=O)N2C[C@@H](C)O[C@@H](c3ccc(F)cc3)C2)c1. The third-order valence-electron chi connectivity index (χ3n) is 4.65. The van der Waals surface area contributed by atoms with Crippen LogP contribution < -0.4 is 0 Å². The molecule has 0 aromatic heterocycles. The standard InChI is InChI=1S/C19H22FNO5S2/c1-3-27(22,23)17-5-4-6-18(11-17)28(24,25)21-12-14(2)26-19(13-21)15-7-9-16(20)10-8-15/h4-11,14,19H,3,12-13H2,1-2H3/t14-,19-/m1/s1. The van der Waals surface area contributed by atoms with E-state index in [1.54, 1.807) is 19.1 Å². The Bertz CT molecular complexity index is 1050. The molecule has 2 atom stereocenters. The molecular formula is C19H22FNO5S2. The first-order valence-corrected chi connectivity index (χ1v) is 12.0. The molecule has 0 spiro atoms. The Morgan fingerprint density at radius 1 is 1.04 bits per heavy atom. The average molecular weight is 428 g/mol. The predicted octanol–water partition coefficient (Wildman–Crippen LogP) is 2.77. The van der Waals surface area contributed by atoms with Crippen LogP contribution in [0.25, 0.3) is 0 Å². The molecule has 152 valence electrons. The van der Waals surface area contributed by atoms with E-state index in [-0.39, 0.29) is 40.6 Å². The number of hydrogen-bond donors (Lipinski definition) is 0. The van der Waals surface area contributed by atoms with Crippen LogP contribution >= 0.6 is 0 Å². The molecule has 0 radical (unpaired) electrons. The van der Waals surface area contributed by atoms with E-state index in [9.17, 15) is 21.2 Å². The Hall–Kier alpha value is -1.81. The summed E-state index contributed by atoms with van der Waals surface area (Å²) < 4.78 is 70.8. The van der Waals surface area contributed by atoms with E-state index in [0.29, 0.717) is 5.56 Å². The van der Waals surface area contributed by atoms with Crippen molar-refractivity contribution < 1.29 is 26.0 Å². The van der Waals surface area contributed by atoms with E-state index in [1.165, 1.54) is 47.6 Å². The van der Waals surface area contributed by atoms with Crippen LogP contribution in [0.4, 0.5) is 4.39 Å². The third-order valence-corrected chi connectivity index (χ3v) is 8.21. The van der Waals surface area contributed by atoms with Gasteiger partial charge in [0.1, 0.15) is 5.82 Å². The van der Waals surface area contributed by atoms with Gasteiger partial charge in [0.15, 0.2) is 9.84 Å². The summed E-state index contributed by atoms with van der Waals surface area (Å²) in [6, 6.07) is 11.1. The molecule has 3 rings (SSSR count). The highest BCUT2D eigenvalue weighted by atomic mass is 32.2. The zero-order valence-corrected chi connectivity index (χ0v) is 17.2. The fourth-order valence-corrected chi connectivity index (χ4v) is 5.68. The topological polar surface area (TPSA) is 80.8 Å². The van der Waals surface area contributed by atoms with Gasteiger partial charge in [-0.1, -0.05) is 25.1 Å². The molecule has 0 bridgehead atoms. The van der Waals surface area contributed by atoms with Gasteiger partial charge in [-0.15, -0.1) is 0 Å². The molecule has 1 aliphatic heterocycles. The Labute approximate surface area is 164 Å². The maximum Gasteiger partial charge on any atom is 0.243 e. The fourth-order valence-electron chi connectivity index (χ4n) is 3.11. The largest absolute Gasteiger partial charge is 0.368 e. The summed E-state index contributed by atoms with van der Waals surface area (Å²) in [7, 11) is -7.44. The second kappa shape index (κ2) is 7.90. The fraction of sp³-hybridized carbons (Fsp3) is 0.368. The molecule has 0 unspecified atom stereocenters. The van der Waals surface area contributed by atoms with Crippen molar-refractivity contribution in [3.63, 3.8) is 0 Å². The summed E-state index contributed by atoms with van der Waals surface area (Å²) in [4.78, 5) is -0.0959. The second-order valence-electron chi connectivity index (χ2n) is 6.69. The molecule has 0 N–H and O–H groups in total. The monoisotopic (exact) mass is 427 g/mol. The minimum absolute atomic E-state index is 0.0209. The van der Waals surface area contributed by atoms with Crippen LogP contribution in [-0.4, -0.2) is 46.1 Å². The van der Waals surface area contributed by atoms with E-state index in [2.05, 4.69) is 0 Å². The molecular weight excluding hydrogens is 405 g/mol. The van der Waals surface area contributed by atoms with Crippen LogP contribution in [0.2, 0.25) is 0 Å². The van der Waals surface area contributed by atoms with Gasteiger partial charge < -0.3 is 4.74 Å². The summed E-state index contributed by atoms with van der Waals surface area (Å²) in [5.74, 6) is -0.497. The van der Waals surface area contributed by atoms with Crippen molar-refractivity contribution in [2.75, 3.05) is 18.8 Å². The van der Waals surface area contributed by atoms with Crippen molar-refractivity contribution in [1.82, 2.24) is 4.31 Å². The van der Waals surface area contributed by atoms with Crippen molar-refractivity contribution in [1.29, 1.82) is 0 Å². The van der Waals surface area contributed by atoms with Gasteiger partial charge in [0.25, 0.3) is 0 Å². The van der Waals surface area contributed by atoms with Crippen LogP contribution in [0.1, 0.15) is 25.5 Å². The normalized spacial score (nSPS) is 21.5. The number of sulfone groups is 1. The zero-order valence-electron chi connectivity index (χ0n) is 15.6. The first kappa shape index (κ1) is 20.9. The van der Waals surface area contributed by atoms with E-state index in [4.69, 9.17) is 4.74 Å². The molecule has 6 nitrogen and oxygen atoms in total. The number of rotatable bonds is 5. The smallest absolute Gasteiger partial charge is 0.243 e. The van der Waals surface area contributed by atoms with Crippen molar-refractivity contribution in [3.8, 4) is 0 Å². The lowest BCUT2D eigenvalue weighted by atomic mass is 10.1. The molecule has 28 heavy (non-hydrogen) atoms. The van der Waals surface area contributed by atoms with Gasteiger partial charge >= 0.3 is 0 Å². The van der Waals surface area contributed by atoms with Crippen LogP contribution in [-0.2, 0) is 24.6 Å². The predicted molar refractivity (Wildman–Crippen MR) is 103 cm³/mol. The lowest BCUT2D eigenvalue weighted by Crippen LogP contribution is -2.45. The Morgan fingerprint density at radius 2 is 1.68 bits per heavy atom. The molecule has 0 saturated carbocycles. The number of nitrogens with zero attached hydrogens (tertiary/aromatic N) is 1. The highest BCUT2D eigenvalue weighted by Gasteiger charge is 2.35. The van der Waals surface area contributed by atoms with Crippen LogP contribution in [0.3, 0.4) is 0 Å².